The molecule has 0 radical (unpaired) electrons. The van der Waals surface area contributed by atoms with E-state index in [1.165, 1.54) is 0 Å². The van der Waals surface area contributed by atoms with E-state index in [0.717, 1.165) is 6.42 Å². The zero-order chi connectivity index (χ0) is 21.8. The largest absolute Gasteiger partial charge is 0.494 e. The molecule has 8 heteroatoms. The Morgan fingerprint density at radius 3 is 2.10 bits per heavy atom. The zero-order valence-electron chi connectivity index (χ0n) is 16.6. The van der Waals surface area contributed by atoms with Crippen LogP contribution in [0.15, 0.2) is 48.5 Å². The second-order valence-electron chi connectivity index (χ2n) is 6.32. The molecule has 30 heavy (non-hydrogen) atoms. The number of nitrogens with one attached hydrogen (secondary N) is 2. The van der Waals surface area contributed by atoms with Crippen LogP contribution in [0, 0.1) is 11.3 Å². The molecule has 2 aromatic rings. The van der Waals surface area contributed by atoms with Crippen molar-refractivity contribution in [3.63, 3.8) is 0 Å². The van der Waals surface area contributed by atoms with Gasteiger partial charge in [0.25, 0.3) is 5.91 Å². The number of hydrogen-bond donors (Lipinski definition) is 2. The second kappa shape index (κ2) is 11.9. The summed E-state index contributed by atoms with van der Waals surface area (Å²) in [5.74, 6) is -0.105. The molecule has 0 heterocycles. The first kappa shape index (κ1) is 22.4. The molecule has 0 saturated heterocycles. The maximum Gasteiger partial charge on any atom is 0.276 e. The molecule has 2 amide bonds. The fourth-order valence-corrected chi connectivity index (χ4v) is 2.34. The standard InChI is InChI=1S/C22H23N3O5/c1-2-13-29-18-9-5-17(6-10-18)20(26)11-12-21(27)24-25-22(28)15-30-19-7-3-16(14-23)4-8-19/h3-10H,2,11-13,15H2,1H3,(H,24,27)(H,25,28). The quantitative estimate of drug-likeness (QED) is 0.460. The summed E-state index contributed by atoms with van der Waals surface area (Å²) in [5, 5.41) is 8.73. The van der Waals surface area contributed by atoms with Crippen molar-refractivity contribution in [2.24, 2.45) is 0 Å². The Labute approximate surface area is 174 Å². The van der Waals surface area contributed by atoms with E-state index in [1.807, 2.05) is 13.0 Å². The highest BCUT2D eigenvalue weighted by molar-refractivity contribution is 5.98. The third-order valence-electron chi connectivity index (χ3n) is 3.92. The number of ether oxygens (including phenoxy) is 2. The average Bonchev–Trinajstić information content (AvgIpc) is 2.79. The Bertz CT molecular complexity index is 902. The molecule has 0 aliphatic heterocycles. The molecule has 0 fully saturated rings. The van der Waals surface area contributed by atoms with Gasteiger partial charge >= 0.3 is 0 Å². The number of hydrazine groups is 1. The first-order valence-corrected chi connectivity index (χ1v) is 9.48. The van der Waals surface area contributed by atoms with Gasteiger partial charge in [-0.05, 0) is 55.0 Å². The number of nitriles is 1. The lowest BCUT2D eigenvalue weighted by atomic mass is 10.1. The third-order valence-corrected chi connectivity index (χ3v) is 3.92. The Morgan fingerprint density at radius 2 is 1.47 bits per heavy atom. The van der Waals surface area contributed by atoms with Gasteiger partial charge in [-0.25, -0.2) is 0 Å². The van der Waals surface area contributed by atoms with E-state index in [-0.39, 0.29) is 25.2 Å². The minimum atomic E-state index is -0.554. The molecular formula is C22H23N3O5. The van der Waals surface area contributed by atoms with Gasteiger partial charge in [-0.2, -0.15) is 5.26 Å². The summed E-state index contributed by atoms with van der Waals surface area (Å²) in [7, 11) is 0. The molecular weight excluding hydrogens is 386 g/mol. The summed E-state index contributed by atoms with van der Waals surface area (Å²) in [6.45, 7) is 2.31. The summed E-state index contributed by atoms with van der Waals surface area (Å²) >= 11 is 0. The topological polar surface area (TPSA) is 118 Å². The van der Waals surface area contributed by atoms with Crippen molar-refractivity contribution in [2.75, 3.05) is 13.2 Å². The Hall–Kier alpha value is -3.86. The van der Waals surface area contributed by atoms with Crippen LogP contribution >= 0.6 is 0 Å². The summed E-state index contributed by atoms with van der Waals surface area (Å²) in [6.07, 6.45) is 0.843. The first-order chi connectivity index (χ1) is 14.5. The first-order valence-electron chi connectivity index (χ1n) is 9.48. The maximum absolute atomic E-state index is 12.2. The number of ketones is 1. The molecule has 0 bridgehead atoms. The number of amides is 2. The van der Waals surface area contributed by atoms with Crippen LogP contribution in [0.1, 0.15) is 42.1 Å². The van der Waals surface area contributed by atoms with Gasteiger partial charge in [0.1, 0.15) is 11.5 Å². The second-order valence-corrected chi connectivity index (χ2v) is 6.32. The number of carbonyl (C=O) groups excluding carboxylic acids is 3. The summed E-state index contributed by atoms with van der Waals surface area (Å²) in [5.41, 5.74) is 5.44. The van der Waals surface area contributed by atoms with E-state index >= 15 is 0 Å². The Kier molecular flexibility index (Phi) is 8.87. The maximum atomic E-state index is 12.2. The van der Waals surface area contributed by atoms with Crippen molar-refractivity contribution in [3.8, 4) is 17.6 Å². The summed E-state index contributed by atoms with van der Waals surface area (Å²) in [6, 6.07) is 15.0. The molecule has 0 spiro atoms. The fraction of sp³-hybridized carbons (Fsp3) is 0.273. The molecule has 0 aliphatic carbocycles. The Balaban J connectivity index is 1.66. The van der Waals surface area contributed by atoms with E-state index in [0.29, 0.717) is 29.2 Å². The van der Waals surface area contributed by atoms with Gasteiger partial charge in [-0.15, -0.1) is 0 Å². The SMILES string of the molecule is CCCOc1ccc(C(=O)CCC(=O)NNC(=O)COc2ccc(C#N)cc2)cc1. The minimum absolute atomic E-state index is 0.0125. The van der Waals surface area contributed by atoms with Crippen molar-refractivity contribution in [2.45, 2.75) is 26.2 Å². The normalized spacial score (nSPS) is 9.87. The van der Waals surface area contributed by atoms with Crippen LogP contribution in [-0.4, -0.2) is 30.8 Å². The van der Waals surface area contributed by atoms with Crippen molar-refractivity contribution >= 4 is 17.6 Å². The molecule has 2 rings (SSSR count). The lowest BCUT2D eigenvalue weighted by Crippen LogP contribution is -2.43. The van der Waals surface area contributed by atoms with Crippen LogP contribution < -0.4 is 20.3 Å². The van der Waals surface area contributed by atoms with Gasteiger partial charge in [-0.1, -0.05) is 6.92 Å². The monoisotopic (exact) mass is 409 g/mol. The van der Waals surface area contributed by atoms with Crippen molar-refractivity contribution < 1.29 is 23.9 Å². The predicted molar refractivity (Wildman–Crippen MR) is 109 cm³/mol. The van der Waals surface area contributed by atoms with E-state index in [9.17, 15) is 14.4 Å². The lowest BCUT2D eigenvalue weighted by molar-refractivity contribution is -0.130. The zero-order valence-corrected chi connectivity index (χ0v) is 16.6. The number of hydrogen-bond acceptors (Lipinski definition) is 6. The average molecular weight is 409 g/mol. The highest BCUT2D eigenvalue weighted by Gasteiger charge is 2.11. The molecule has 0 saturated carbocycles. The molecule has 2 aromatic carbocycles. The van der Waals surface area contributed by atoms with Gasteiger partial charge < -0.3 is 9.47 Å². The smallest absolute Gasteiger partial charge is 0.276 e. The third kappa shape index (κ3) is 7.64. The molecule has 8 nitrogen and oxygen atoms in total. The molecule has 0 aromatic heterocycles. The van der Waals surface area contributed by atoms with Crippen LogP contribution in [0.3, 0.4) is 0 Å². The van der Waals surface area contributed by atoms with Crippen LogP contribution in [0.25, 0.3) is 0 Å². The van der Waals surface area contributed by atoms with E-state index in [1.54, 1.807) is 48.5 Å². The molecule has 0 atom stereocenters. The van der Waals surface area contributed by atoms with Crippen LogP contribution in [-0.2, 0) is 9.59 Å². The van der Waals surface area contributed by atoms with Crippen molar-refractivity contribution in [3.05, 3.63) is 59.7 Å². The van der Waals surface area contributed by atoms with E-state index in [4.69, 9.17) is 14.7 Å². The highest BCUT2D eigenvalue weighted by Crippen LogP contribution is 2.14. The lowest BCUT2D eigenvalue weighted by Gasteiger charge is -2.09. The minimum Gasteiger partial charge on any atom is -0.494 e. The van der Waals surface area contributed by atoms with Gasteiger partial charge in [0.05, 0.1) is 18.2 Å². The number of benzene rings is 2. The van der Waals surface area contributed by atoms with E-state index < -0.39 is 11.8 Å². The molecule has 156 valence electrons. The molecule has 0 unspecified atom stereocenters. The van der Waals surface area contributed by atoms with Gasteiger partial charge in [0.2, 0.25) is 5.91 Å². The van der Waals surface area contributed by atoms with Crippen molar-refractivity contribution in [1.82, 2.24) is 10.9 Å². The number of carbonyl (C=O) groups is 3. The van der Waals surface area contributed by atoms with Crippen LogP contribution in [0.5, 0.6) is 11.5 Å². The van der Waals surface area contributed by atoms with Crippen LogP contribution in [0.4, 0.5) is 0 Å². The molecule has 0 aliphatic rings. The number of rotatable bonds is 10. The van der Waals surface area contributed by atoms with E-state index in [2.05, 4.69) is 10.9 Å². The Morgan fingerprint density at radius 1 is 0.867 bits per heavy atom. The van der Waals surface area contributed by atoms with Gasteiger partial charge in [-0.3, -0.25) is 25.2 Å². The predicted octanol–water partition coefficient (Wildman–Crippen LogP) is 2.54. The van der Waals surface area contributed by atoms with Gasteiger partial charge in [0, 0.05) is 18.4 Å². The van der Waals surface area contributed by atoms with Crippen molar-refractivity contribution in [1.29, 1.82) is 5.26 Å². The van der Waals surface area contributed by atoms with Gasteiger partial charge in [0.15, 0.2) is 12.4 Å². The highest BCUT2D eigenvalue weighted by atomic mass is 16.5. The molecule has 2 N–H and O–H groups in total. The summed E-state index contributed by atoms with van der Waals surface area (Å²) in [4.78, 5) is 35.7. The summed E-state index contributed by atoms with van der Waals surface area (Å²) < 4.78 is 10.7. The fourth-order valence-electron chi connectivity index (χ4n) is 2.34. The van der Waals surface area contributed by atoms with Crippen LogP contribution in [0.2, 0.25) is 0 Å². The number of nitrogens with zero attached hydrogens (tertiary/aromatic N) is 1. The number of Topliss-reactive ketones (excluding diaryl/α,β-unsaturated/α-hetero) is 1.